The molecule has 37 heavy (non-hydrogen) atoms. The van der Waals surface area contributed by atoms with E-state index < -0.39 is 60.2 Å². The molecule has 2 rings (SSSR count). The number of carboxylic acid groups (broad SMARTS) is 2. The van der Waals surface area contributed by atoms with Crippen LogP contribution in [0.1, 0.15) is 24.1 Å². The third kappa shape index (κ3) is 9.93. The number of aromatic nitrogens is 2. The van der Waals surface area contributed by atoms with Crippen molar-refractivity contribution in [3.05, 3.63) is 54.1 Å². The first-order valence-corrected chi connectivity index (χ1v) is 12.0. The minimum absolute atomic E-state index is 0.0524. The first-order chi connectivity index (χ1) is 17.6. The maximum atomic E-state index is 13.2. The Labute approximate surface area is 218 Å². The first-order valence-electron chi connectivity index (χ1n) is 11.3. The standard InChI is InChI=1S/C23H30N6O7S/c24-15(9-14-10-25-12-26-14)20(32)28-17(8-13-4-2-1-3-5-13)22(34)27-16(6-7-19(30)31)21(33)29-18(11-37)23(35)36/h1-5,10,12,15-18,37H,6-9,11,24H2,(H,25,26)(H,27,34)(H,28,32)(H,29,33)(H,30,31)(H,35,36). The number of imidazole rings is 1. The zero-order chi connectivity index (χ0) is 27.4. The third-order valence-corrected chi connectivity index (χ3v) is 5.69. The molecule has 0 spiro atoms. The summed E-state index contributed by atoms with van der Waals surface area (Å²) < 4.78 is 0. The molecule has 4 atom stereocenters. The molecule has 8 N–H and O–H groups in total. The van der Waals surface area contributed by atoms with E-state index in [4.69, 9.17) is 10.8 Å². The molecule has 0 fully saturated rings. The Morgan fingerprint density at radius 3 is 2.11 bits per heavy atom. The molecule has 0 radical (unpaired) electrons. The van der Waals surface area contributed by atoms with Crippen LogP contribution in [0.2, 0.25) is 0 Å². The van der Waals surface area contributed by atoms with Crippen LogP contribution in [-0.2, 0) is 36.8 Å². The van der Waals surface area contributed by atoms with Gasteiger partial charge in [0, 0.05) is 36.9 Å². The molecule has 3 amide bonds. The van der Waals surface area contributed by atoms with Crippen molar-refractivity contribution in [3.63, 3.8) is 0 Å². The van der Waals surface area contributed by atoms with Crippen molar-refractivity contribution in [2.45, 2.75) is 49.9 Å². The number of aromatic amines is 1. The molecule has 1 aromatic carbocycles. The van der Waals surface area contributed by atoms with Crippen molar-refractivity contribution in [1.82, 2.24) is 25.9 Å². The quantitative estimate of drug-likeness (QED) is 0.129. The van der Waals surface area contributed by atoms with Crippen LogP contribution in [0.5, 0.6) is 0 Å². The fourth-order valence-corrected chi connectivity index (χ4v) is 3.58. The van der Waals surface area contributed by atoms with Crippen LogP contribution in [0.4, 0.5) is 0 Å². The summed E-state index contributed by atoms with van der Waals surface area (Å²) in [6.07, 6.45) is 2.37. The van der Waals surface area contributed by atoms with Crippen molar-refractivity contribution in [2.75, 3.05) is 5.75 Å². The normalized spacial score (nSPS) is 14.0. The minimum atomic E-state index is -1.38. The summed E-state index contributed by atoms with van der Waals surface area (Å²) in [5.74, 6) is -5.06. The highest BCUT2D eigenvalue weighted by Gasteiger charge is 2.30. The lowest BCUT2D eigenvalue weighted by atomic mass is 10.0. The van der Waals surface area contributed by atoms with Crippen LogP contribution in [0.25, 0.3) is 0 Å². The Balaban J connectivity index is 2.20. The Kier molecular flexibility index (Phi) is 11.6. The number of amides is 3. The number of nitrogens with two attached hydrogens (primary N) is 1. The van der Waals surface area contributed by atoms with Crippen LogP contribution in [0.3, 0.4) is 0 Å². The molecular formula is C23H30N6O7S. The van der Waals surface area contributed by atoms with E-state index in [1.54, 1.807) is 30.3 Å². The van der Waals surface area contributed by atoms with Gasteiger partial charge in [0.2, 0.25) is 17.7 Å². The fraction of sp³-hybridized carbons (Fsp3) is 0.391. The lowest BCUT2D eigenvalue weighted by Gasteiger charge is -2.25. The van der Waals surface area contributed by atoms with Gasteiger partial charge in [0.15, 0.2) is 0 Å². The number of carboxylic acids is 2. The Bertz CT molecular complexity index is 1070. The number of rotatable bonds is 15. The van der Waals surface area contributed by atoms with E-state index in [2.05, 4.69) is 38.5 Å². The molecule has 0 saturated heterocycles. The number of nitrogens with zero attached hydrogens (tertiary/aromatic N) is 1. The topological polar surface area (TPSA) is 217 Å². The average molecular weight is 535 g/mol. The summed E-state index contributed by atoms with van der Waals surface area (Å²) in [6, 6.07) is 3.88. The summed E-state index contributed by atoms with van der Waals surface area (Å²) in [6.45, 7) is 0. The predicted molar refractivity (Wildman–Crippen MR) is 135 cm³/mol. The van der Waals surface area contributed by atoms with Crippen molar-refractivity contribution in [3.8, 4) is 0 Å². The second kappa shape index (κ2) is 14.6. The van der Waals surface area contributed by atoms with E-state index in [1.165, 1.54) is 12.5 Å². The van der Waals surface area contributed by atoms with Gasteiger partial charge in [-0.15, -0.1) is 0 Å². The molecule has 1 heterocycles. The largest absolute Gasteiger partial charge is 0.481 e. The summed E-state index contributed by atoms with van der Waals surface area (Å²) in [5, 5.41) is 25.5. The molecule has 1 aromatic heterocycles. The zero-order valence-corrected chi connectivity index (χ0v) is 20.7. The molecule has 0 bridgehead atoms. The number of nitrogens with one attached hydrogen (secondary N) is 4. The van der Waals surface area contributed by atoms with Crippen molar-refractivity contribution in [1.29, 1.82) is 0 Å². The van der Waals surface area contributed by atoms with E-state index in [1.807, 2.05) is 0 Å². The molecule has 13 nitrogen and oxygen atoms in total. The van der Waals surface area contributed by atoms with Gasteiger partial charge in [-0.25, -0.2) is 9.78 Å². The van der Waals surface area contributed by atoms with Gasteiger partial charge >= 0.3 is 11.9 Å². The van der Waals surface area contributed by atoms with Gasteiger partial charge in [-0.05, 0) is 12.0 Å². The molecule has 0 aliphatic rings. The molecule has 0 saturated carbocycles. The second-order valence-electron chi connectivity index (χ2n) is 8.21. The zero-order valence-electron chi connectivity index (χ0n) is 19.8. The highest BCUT2D eigenvalue weighted by atomic mass is 32.1. The van der Waals surface area contributed by atoms with E-state index in [-0.39, 0.29) is 25.0 Å². The average Bonchev–Trinajstić information content (AvgIpc) is 3.37. The highest BCUT2D eigenvalue weighted by Crippen LogP contribution is 2.07. The third-order valence-electron chi connectivity index (χ3n) is 5.32. The number of carbonyl (C=O) groups excluding carboxylic acids is 3. The summed E-state index contributed by atoms with van der Waals surface area (Å²) in [7, 11) is 0. The lowest BCUT2D eigenvalue weighted by molar-refractivity contribution is -0.142. The van der Waals surface area contributed by atoms with E-state index >= 15 is 0 Å². The summed E-state index contributed by atoms with van der Waals surface area (Å²) >= 11 is 3.89. The Morgan fingerprint density at radius 1 is 0.919 bits per heavy atom. The predicted octanol–water partition coefficient (Wildman–Crippen LogP) is -1.14. The van der Waals surface area contributed by atoms with Gasteiger partial charge in [0.1, 0.15) is 18.1 Å². The van der Waals surface area contributed by atoms with Gasteiger partial charge in [-0.3, -0.25) is 19.2 Å². The van der Waals surface area contributed by atoms with E-state index in [0.717, 1.165) is 0 Å². The van der Waals surface area contributed by atoms with Gasteiger partial charge < -0.3 is 36.9 Å². The summed E-state index contributed by atoms with van der Waals surface area (Å²) in [4.78, 5) is 67.8. The smallest absolute Gasteiger partial charge is 0.327 e. The van der Waals surface area contributed by atoms with E-state index in [9.17, 15) is 29.1 Å². The Hall–Kier alpha value is -3.91. The minimum Gasteiger partial charge on any atom is -0.481 e. The lowest BCUT2D eigenvalue weighted by Crippen LogP contribution is -2.58. The van der Waals surface area contributed by atoms with Gasteiger partial charge in [0.25, 0.3) is 0 Å². The molecule has 0 aliphatic heterocycles. The molecule has 14 heteroatoms. The van der Waals surface area contributed by atoms with Gasteiger partial charge in [-0.1, -0.05) is 30.3 Å². The van der Waals surface area contributed by atoms with Gasteiger partial charge in [0.05, 0.1) is 12.4 Å². The number of thiol groups is 1. The van der Waals surface area contributed by atoms with Crippen LogP contribution < -0.4 is 21.7 Å². The number of benzene rings is 1. The van der Waals surface area contributed by atoms with Crippen LogP contribution in [0, 0.1) is 0 Å². The van der Waals surface area contributed by atoms with Crippen LogP contribution >= 0.6 is 12.6 Å². The fourth-order valence-electron chi connectivity index (χ4n) is 3.33. The highest BCUT2D eigenvalue weighted by molar-refractivity contribution is 7.80. The second-order valence-corrected chi connectivity index (χ2v) is 8.58. The number of carbonyl (C=O) groups is 5. The number of hydrogen-bond acceptors (Lipinski definition) is 8. The number of H-pyrrole nitrogens is 1. The monoisotopic (exact) mass is 534 g/mol. The van der Waals surface area contributed by atoms with Crippen molar-refractivity contribution < 1.29 is 34.2 Å². The Morgan fingerprint density at radius 2 is 1.54 bits per heavy atom. The molecule has 200 valence electrons. The van der Waals surface area contributed by atoms with Gasteiger partial charge in [-0.2, -0.15) is 12.6 Å². The molecule has 0 aliphatic carbocycles. The number of hydrogen-bond donors (Lipinski definition) is 8. The van der Waals surface area contributed by atoms with Crippen LogP contribution in [-0.4, -0.2) is 79.8 Å². The summed E-state index contributed by atoms with van der Waals surface area (Å²) in [5.41, 5.74) is 7.32. The SMILES string of the molecule is NC(Cc1cnc[nH]1)C(=O)NC(Cc1ccccc1)C(=O)NC(CCC(=O)O)C(=O)NC(CS)C(=O)O. The molecule has 2 aromatic rings. The van der Waals surface area contributed by atoms with Crippen LogP contribution in [0.15, 0.2) is 42.9 Å². The molecular weight excluding hydrogens is 504 g/mol. The number of aliphatic carboxylic acids is 2. The molecule has 4 unspecified atom stereocenters. The van der Waals surface area contributed by atoms with Crippen molar-refractivity contribution >= 4 is 42.3 Å². The maximum Gasteiger partial charge on any atom is 0.327 e. The maximum absolute atomic E-state index is 13.2. The van der Waals surface area contributed by atoms with E-state index in [0.29, 0.717) is 11.3 Å². The first kappa shape index (κ1) is 29.3. The van der Waals surface area contributed by atoms with Crippen molar-refractivity contribution in [2.24, 2.45) is 5.73 Å².